The Balaban J connectivity index is 1.92. The number of amides is 2. The van der Waals surface area contributed by atoms with E-state index in [-0.39, 0.29) is 29.4 Å². The molecule has 0 fully saturated rings. The summed E-state index contributed by atoms with van der Waals surface area (Å²) in [5.74, 6) is -1.07. The summed E-state index contributed by atoms with van der Waals surface area (Å²) in [6.45, 7) is 3.84. The Labute approximate surface area is 178 Å². The van der Waals surface area contributed by atoms with Gasteiger partial charge in [-0.15, -0.1) is 0 Å². The van der Waals surface area contributed by atoms with Crippen LogP contribution in [0.4, 0.5) is 5.69 Å². The van der Waals surface area contributed by atoms with Crippen molar-refractivity contribution in [2.45, 2.75) is 31.9 Å². The van der Waals surface area contributed by atoms with E-state index < -0.39 is 23.0 Å². The molecule has 1 spiro atoms. The second kappa shape index (κ2) is 6.78. The zero-order valence-electron chi connectivity index (χ0n) is 17.3. The molecular formula is C24H22N2O5. The normalized spacial score (nSPS) is 20.6. The van der Waals surface area contributed by atoms with Crippen LogP contribution >= 0.6 is 0 Å². The van der Waals surface area contributed by atoms with Crippen LogP contribution in [-0.2, 0) is 10.3 Å². The van der Waals surface area contributed by atoms with Gasteiger partial charge in [0.1, 0.15) is 5.58 Å². The summed E-state index contributed by atoms with van der Waals surface area (Å²) in [5, 5.41) is 10.5. The average Bonchev–Trinajstić information content (AvgIpc) is 3.14. The number of aliphatic hydroxyl groups is 1. The quantitative estimate of drug-likeness (QED) is 0.703. The second-order valence-corrected chi connectivity index (χ2v) is 8.08. The molecule has 0 saturated heterocycles. The zero-order chi connectivity index (χ0) is 21.9. The first kappa shape index (κ1) is 19.5. The Morgan fingerprint density at radius 2 is 1.77 bits per heavy atom. The number of rotatable bonds is 4. The predicted molar refractivity (Wildman–Crippen MR) is 115 cm³/mol. The molecule has 31 heavy (non-hydrogen) atoms. The summed E-state index contributed by atoms with van der Waals surface area (Å²) in [5.41, 5.74) is -0.507. The van der Waals surface area contributed by atoms with Crippen LogP contribution in [0.5, 0.6) is 0 Å². The van der Waals surface area contributed by atoms with Gasteiger partial charge in [0, 0.05) is 18.7 Å². The molecule has 3 aromatic rings. The fraction of sp³-hybridized carbons (Fsp3) is 0.292. The van der Waals surface area contributed by atoms with E-state index in [1.165, 1.54) is 4.90 Å². The summed E-state index contributed by atoms with van der Waals surface area (Å²) in [6.07, 6.45) is -0.195. The number of aliphatic hydroxyl groups excluding tert-OH is 1. The van der Waals surface area contributed by atoms with Crippen LogP contribution in [0.2, 0.25) is 0 Å². The Morgan fingerprint density at radius 3 is 2.52 bits per heavy atom. The van der Waals surface area contributed by atoms with Crippen molar-refractivity contribution in [1.82, 2.24) is 4.90 Å². The maximum atomic E-state index is 14.0. The van der Waals surface area contributed by atoms with E-state index in [1.54, 1.807) is 48.2 Å². The molecular weight excluding hydrogens is 396 g/mol. The third kappa shape index (κ3) is 2.41. The SMILES string of the molecule is CCCN1C(=O)C2(c3ccccc31)c1c(oc3ccccc3c1=O)C(=O)N2CC(C)O. The van der Waals surface area contributed by atoms with Crippen LogP contribution in [0.1, 0.15) is 41.9 Å². The minimum atomic E-state index is -1.65. The number of hydrogen-bond donors (Lipinski definition) is 1. The van der Waals surface area contributed by atoms with Crippen molar-refractivity contribution in [3.05, 3.63) is 75.6 Å². The maximum absolute atomic E-state index is 14.0. The number of anilines is 1. The fourth-order valence-electron chi connectivity index (χ4n) is 4.90. The Morgan fingerprint density at radius 1 is 1.06 bits per heavy atom. The lowest BCUT2D eigenvalue weighted by Crippen LogP contribution is -2.55. The first-order chi connectivity index (χ1) is 14.9. The Bertz CT molecular complexity index is 1290. The minimum Gasteiger partial charge on any atom is -0.450 e. The van der Waals surface area contributed by atoms with Gasteiger partial charge in [-0.05, 0) is 31.5 Å². The second-order valence-electron chi connectivity index (χ2n) is 8.08. The van der Waals surface area contributed by atoms with Crippen molar-refractivity contribution in [3.8, 4) is 0 Å². The van der Waals surface area contributed by atoms with Crippen LogP contribution in [0.25, 0.3) is 11.0 Å². The molecule has 1 N–H and O–H groups in total. The van der Waals surface area contributed by atoms with Crippen LogP contribution in [0.15, 0.2) is 57.7 Å². The minimum absolute atomic E-state index is 0.0351. The first-order valence-electron chi connectivity index (χ1n) is 10.4. The van der Waals surface area contributed by atoms with Crippen molar-refractivity contribution in [2.75, 3.05) is 18.0 Å². The molecule has 2 atom stereocenters. The van der Waals surface area contributed by atoms with Crippen molar-refractivity contribution < 1.29 is 19.1 Å². The number of carbonyl (C=O) groups is 2. The number of fused-ring (bicyclic) bond motifs is 5. The first-order valence-corrected chi connectivity index (χ1v) is 10.4. The van der Waals surface area contributed by atoms with E-state index in [0.717, 1.165) is 0 Å². The lowest BCUT2D eigenvalue weighted by atomic mass is 9.84. The molecule has 2 aromatic carbocycles. The lowest BCUT2D eigenvalue weighted by Gasteiger charge is -2.35. The lowest BCUT2D eigenvalue weighted by molar-refractivity contribution is -0.126. The van der Waals surface area contributed by atoms with Gasteiger partial charge in [0.15, 0.2) is 11.0 Å². The van der Waals surface area contributed by atoms with Gasteiger partial charge in [0.2, 0.25) is 5.76 Å². The summed E-state index contributed by atoms with van der Waals surface area (Å²) in [7, 11) is 0. The average molecular weight is 418 g/mol. The molecule has 3 heterocycles. The summed E-state index contributed by atoms with van der Waals surface area (Å²) < 4.78 is 5.91. The number of benzene rings is 2. The maximum Gasteiger partial charge on any atom is 0.291 e. The van der Waals surface area contributed by atoms with E-state index >= 15 is 0 Å². The zero-order valence-corrected chi connectivity index (χ0v) is 17.3. The molecule has 2 aliphatic rings. The molecule has 7 nitrogen and oxygen atoms in total. The van der Waals surface area contributed by atoms with Crippen LogP contribution in [-0.4, -0.2) is 41.0 Å². The van der Waals surface area contributed by atoms with Gasteiger partial charge in [-0.1, -0.05) is 37.3 Å². The van der Waals surface area contributed by atoms with Crippen LogP contribution in [0.3, 0.4) is 0 Å². The van der Waals surface area contributed by atoms with Crippen molar-refractivity contribution in [1.29, 1.82) is 0 Å². The molecule has 7 heteroatoms. The molecule has 5 rings (SSSR count). The van der Waals surface area contributed by atoms with E-state index in [1.807, 2.05) is 19.1 Å². The van der Waals surface area contributed by atoms with Gasteiger partial charge in [-0.25, -0.2) is 0 Å². The largest absolute Gasteiger partial charge is 0.450 e. The van der Waals surface area contributed by atoms with Gasteiger partial charge in [-0.2, -0.15) is 0 Å². The number of nitrogens with zero attached hydrogens (tertiary/aromatic N) is 2. The van der Waals surface area contributed by atoms with Gasteiger partial charge in [0.25, 0.3) is 11.8 Å². The third-order valence-electron chi connectivity index (χ3n) is 6.04. The highest BCUT2D eigenvalue weighted by Crippen LogP contribution is 2.52. The molecule has 0 bridgehead atoms. The highest BCUT2D eigenvalue weighted by atomic mass is 16.3. The molecule has 0 radical (unpaired) electrons. The number of hydrogen-bond acceptors (Lipinski definition) is 5. The van der Waals surface area contributed by atoms with Crippen molar-refractivity contribution >= 4 is 28.5 Å². The van der Waals surface area contributed by atoms with Gasteiger partial charge in [0.05, 0.1) is 22.7 Å². The van der Waals surface area contributed by atoms with E-state index in [0.29, 0.717) is 29.6 Å². The summed E-state index contributed by atoms with van der Waals surface area (Å²) in [4.78, 5) is 44.2. The molecule has 2 aliphatic heterocycles. The van der Waals surface area contributed by atoms with E-state index in [2.05, 4.69) is 0 Å². The number of carbonyl (C=O) groups excluding carboxylic acids is 2. The molecule has 0 saturated carbocycles. The number of para-hydroxylation sites is 2. The molecule has 158 valence electrons. The van der Waals surface area contributed by atoms with E-state index in [4.69, 9.17) is 4.42 Å². The smallest absolute Gasteiger partial charge is 0.291 e. The third-order valence-corrected chi connectivity index (χ3v) is 6.04. The number of β-amino-alcohol motifs (C(OH)–C–C–N with tert-alkyl or cyclic N) is 1. The van der Waals surface area contributed by atoms with Crippen LogP contribution < -0.4 is 10.3 Å². The monoisotopic (exact) mass is 418 g/mol. The van der Waals surface area contributed by atoms with Gasteiger partial charge >= 0.3 is 0 Å². The van der Waals surface area contributed by atoms with Gasteiger partial charge in [-0.3, -0.25) is 14.4 Å². The highest BCUT2D eigenvalue weighted by Gasteiger charge is 2.64. The molecule has 0 aliphatic carbocycles. The fourth-order valence-corrected chi connectivity index (χ4v) is 4.90. The standard InChI is InChI=1S/C24H22N2O5/c1-3-12-25-17-10-6-5-9-16(17)24(23(25)30)19-20(28)15-8-4-7-11-18(15)31-21(19)22(29)26(24)13-14(2)27/h4-11,14,27H,3,12-13H2,1-2H3. The molecule has 1 aromatic heterocycles. The molecule has 2 amide bonds. The summed E-state index contributed by atoms with van der Waals surface area (Å²) >= 11 is 0. The predicted octanol–water partition coefficient (Wildman–Crippen LogP) is 2.63. The van der Waals surface area contributed by atoms with Crippen molar-refractivity contribution in [2.24, 2.45) is 0 Å². The van der Waals surface area contributed by atoms with Gasteiger partial charge < -0.3 is 19.3 Å². The topological polar surface area (TPSA) is 91.1 Å². The van der Waals surface area contributed by atoms with E-state index in [9.17, 15) is 19.5 Å². The van der Waals surface area contributed by atoms with Crippen molar-refractivity contribution in [3.63, 3.8) is 0 Å². The Kier molecular flexibility index (Phi) is 4.27. The summed E-state index contributed by atoms with van der Waals surface area (Å²) in [6, 6.07) is 13.9. The van der Waals surface area contributed by atoms with Crippen LogP contribution in [0, 0.1) is 0 Å². The molecule has 2 unspecified atom stereocenters. The Hall–Kier alpha value is -3.45. The highest BCUT2D eigenvalue weighted by molar-refractivity contribution is 6.17.